The summed E-state index contributed by atoms with van der Waals surface area (Å²) >= 11 is 0. The Morgan fingerprint density at radius 2 is 1.94 bits per heavy atom. The molecule has 1 atom stereocenters. The number of carbonyl (C=O) groups is 1. The fourth-order valence-corrected chi connectivity index (χ4v) is 2.44. The van der Waals surface area contributed by atoms with Gasteiger partial charge in [-0.2, -0.15) is 0 Å². The van der Waals surface area contributed by atoms with Crippen molar-refractivity contribution in [2.75, 3.05) is 25.2 Å². The Kier molecular flexibility index (Phi) is 6.07. The van der Waals surface area contributed by atoms with Crippen LogP contribution in [0.5, 0.6) is 0 Å². The van der Waals surface area contributed by atoms with Gasteiger partial charge in [-0.3, -0.25) is 9.00 Å². The topological polar surface area (TPSA) is 43.4 Å². The Labute approximate surface area is 107 Å². The predicted octanol–water partition coefficient (Wildman–Crippen LogP) is 1.93. The molecule has 0 saturated heterocycles. The first-order valence-electron chi connectivity index (χ1n) is 5.37. The van der Waals surface area contributed by atoms with Crippen molar-refractivity contribution in [1.29, 1.82) is 0 Å². The first-order chi connectivity index (χ1) is 8.56. The predicted molar refractivity (Wildman–Crippen MR) is 65.1 cm³/mol. The number of hydrogen-bond acceptors (Lipinski definition) is 3. The van der Waals surface area contributed by atoms with Crippen molar-refractivity contribution in [3.05, 3.63) is 35.4 Å². The maximum absolute atomic E-state index is 13.3. The van der Waals surface area contributed by atoms with Crippen LogP contribution >= 0.6 is 0 Å². The normalized spacial score (nSPS) is 12.4. The Morgan fingerprint density at radius 3 is 2.50 bits per heavy atom. The molecule has 6 heteroatoms. The number of rotatable bonds is 7. The maximum Gasteiger partial charge on any atom is 0.181 e. The van der Waals surface area contributed by atoms with Crippen LogP contribution in [0.25, 0.3) is 0 Å². The van der Waals surface area contributed by atoms with E-state index in [9.17, 15) is 17.8 Å². The molecule has 0 saturated carbocycles. The molecule has 0 aliphatic heterocycles. The summed E-state index contributed by atoms with van der Waals surface area (Å²) < 4.78 is 42.9. The second-order valence-electron chi connectivity index (χ2n) is 3.65. The smallest absolute Gasteiger partial charge is 0.181 e. The summed E-state index contributed by atoms with van der Waals surface area (Å²) in [7, 11) is 0.0852. The van der Waals surface area contributed by atoms with Crippen molar-refractivity contribution >= 4 is 16.6 Å². The first kappa shape index (κ1) is 14.9. The monoisotopic (exact) mass is 276 g/mol. The highest BCUT2D eigenvalue weighted by Crippen LogP contribution is 2.13. The van der Waals surface area contributed by atoms with E-state index in [0.29, 0.717) is 13.0 Å². The zero-order valence-electron chi connectivity index (χ0n) is 9.95. The number of ketones is 1. The van der Waals surface area contributed by atoms with Gasteiger partial charge in [0.2, 0.25) is 0 Å². The summed E-state index contributed by atoms with van der Waals surface area (Å²) in [6.07, 6.45) is 0.538. The Balaban J connectivity index is 2.63. The van der Waals surface area contributed by atoms with Gasteiger partial charge in [-0.1, -0.05) is 6.07 Å². The van der Waals surface area contributed by atoms with Gasteiger partial charge in [0.25, 0.3) is 0 Å². The van der Waals surface area contributed by atoms with Crippen LogP contribution in [0, 0.1) is 11.6 Å². The second-order valence-corrected chi connectivity index (χ2v) is 5.23. The van der Waals surface area contributed by atoms with Crippen LogP contribution in [-0.2, 0) is 15.5 Å². The van der Waals surface area contributed by atoms with E-state index >= 15 is 0 Å². The molecule has 1 rings (SSSR count). The molecular weight excluding hydrogens is 262 g/mol. The molecular formula is C12H14F2O3S. The minimum atomic E-state index is -1.43. The van der Waals surface area contributed by atoms with Gasteiger partial charge in [-0.05, 0) is 18.6 Å². The lowest BCUT2D eigenvalue weighted by Gasteiger charge is -2.04. The lowest BCUT2D eigenvalue weighted by Crippen LogP contribution is -2.16. The lowest BCUT2D eigenvalue weighted by molar-refractivity contribution is 0.101. The maximum atomic E-state index is 13.3. The number of hydrogen-bond donors (Lipinski definition) is 0. The molecule has 3 nitrogen and oxygen atoms in total. The molecule has 0 amide bonds. The van der Waals surface area contributed by atoms with Crippen molar-refractivity contribution in [3.8, 4) is 0 Å². The zero-order chi connectivity index (χ0) is 13.5. The van der Waals surface area contributed by atoms with Crippen LogP contribution in [0.3, 0.4) is 0 Å². The van der Waals surface area contributed by atoms with Crippen LogP contribution < -0.4 is 0 Å². The largest absolute Gasteiger partial charge is 0.385 e. The third-order valence-corrected chi connectivity index (χ3v) is 3.58. The third kappa shape index (κ3) is 4.27. The van der Waals surface area contributed by atoms with E-state index in [1.54, 1.807) is 0 Å². The van der Waals surface area contributed by atoms with Crippen LogP contribution in [0.4, 0.5) is 8.78 Å². The summed E-state index contributed by atoms with van der Waals surface area (Å²) in [6, 6.07) is 3.19. The zero-order valence-corrected chi connectivity index (χ0v) is 10.8. The van der Waals surface area contributed by atoms with Crippen LogP contribution in [0.1, 0.15) is 16.8 Å². The molecule has 0 bridgehead atoms. The molecule has 0 spiro atoms. The Bertz CT molecular complexity index is 429. The van der Waals surface area contributed by atoms with E-state index in [1.165, 1.54) is 13.2 Å². The highest BCUT2D eigenvalue weighted by Gasteiger charge is 2.18. The van der Waals surface area contributed by atoms with Crippen molar-refractivity contribution in [1.82, 2.24) is 0 Å². The minimum absolute atomic E-state index is 0.273. The highest BCUT2D eigenvalue weighted by atomic mass is 32.2. The Hall–Kier alpha value is -1.14. The second kappa shape index (κ2) is 7.33. The molecule has 0 aliphatic carbocycles. The van der Waals surface area contributed by atoms with E-state index < -0.39 is 33.8 Å². The van der Waals surface area contributed by atoms with Gasteiger partial charge < -0.3 is 4.74 Å². The van der Waals surface area contributed by atoms with Crippen LogP contribution in [-0.4, -0.2) is 35.2 Å². The molecule has 1 aromatic carbocycles. The minimum Gasteiger partial charge on any atom is -0.385 e. The number of ether oxygens (including phenoxy) is 1. The Morgan fingerprint density at radius 1 is 1.33 bits per heavy atom. The van der Waals surface area contributed by atoms with Gasteiger partial charge in [0, 0.05) is 30.3 Å². The summed E-state index contributed by atoms with van der Waals surface area (Å²) in [4.78, 5) is 11.6. The van der Waals surface area contributed by atoms with Crippen LogP contribution in [0.15, 0.2) is 18.2 Å². The number of halogens is 2. The van der Waals surface area contributed by atoms with Gasteiger partial charge in [0.1, 0.15) is 11.6 Å². The van der Waals surface area contributed by atoms with E-state index in [0.717, 1.165) is 12.1 Å². The van der Waals surface area contributed by atoms with Crippen molar-refractivity contribution < 1.29 is 22.5 Å². The van der Waals surface area contributed by atoms with E-state index in [-0.39, 0.29) is 11.5 Å². The fourth-order valence-electron chi connectivity index (χ4n) is 1.42. The van der Waals surface area contributed by atoms with Crippen molar-refractivity contribution in [2.24, 2.45) is 0 Å². The van der Waals surface area contributed by atoms with Gasteiger partial charge >= 0.3 is 0 Å². The van der Waals surface area contributed by atoms with Gasteiger partial charge in [0.15, 0.2) is 5.78 Å². The molecule has 0 N–H and O–H groups in total. The molecule has 0 radical (unpaired) electrons. The number of methoxy groups -OCH3 is 1. The van der Waals surface area contributed by atoms with Crippen LogP contribution in [0.2, 0.25) is 0 Å². The summed E-state index contributed by atoms with van der Waals surface area (Å²) in [6.45, 7) is 0.438. The van der Waals surface area contributed by atoms with E-state index in [1.807, 2.05) is 0 Å². The lowest BCUT2D eigenvalue weighted by atomic mass is 10.1. The van der Waals surface area contributed by atoms with Gasteiger partial charge in [0.05, 0.1) is 11.3 Å². The molecule has 0 heterocycles. The SMILES string of the molecule is COCCCS(=O)CC(=O)c1c(F)cccc1F. The fraction of sp³-hybridized carbons (Fsp3) is 0.417. The van der Waals surface area contributed by atoms with Crippen molar-refractivity contribution in [2.45, 2.75) is 6.42 Å². The van der Waals surface area contributed by atoms with Crippen molar-refractivity contribution in [3.63, 3.8) is 0 Å². The summed E-state index contributed by atoms with van der Waals surface area (Å²) in [5.41, 5.74) is -0.613. The van der Waals surface area contributed by atoms with E-state index in [4.69, 9.17) is 4.74 Å². The molecule has 0 aromatic heterocycles. The molecule has 0 aliphatic rings. The highest BCUT2D eigenvalue weighted by molar-refractivity contribution is 7.85. The number of benzene rings is 1. The quantitative estimate of drug-likeness (QED) is 0.564. The molecule has 1 unspecified atom stereocenters. The summed E-state index contributed by atoms with van der Waals surface area (Å²) in [5.74, 6) is -2.72. The third-order valence-electron chi connectivity index (χ3n) is 2.25. The van der Waals surface area contributed by atoms with Gasteiger partial charge in [-0.15, -0.1) is 0 Å². The molecule has 100 valence electrons. The number of carbonyl (C=O) groups excluding carboxylic acids is 1. The number of Topliss-reactive ketones (excluding diaryl/α,β-unsaturated/α-hetero) is 1. The molecule has 18 heavy (non-hydrogen) atoms. The standard InChI is InChI=1S/C12H14F2O3S/c1-17-6-3-7-18(16)8-11(15)12-9(13)4-2-5-10(12)14/h2,4-5H,3,6-8H2,1H3. The first-order valence-corrected chi connectivity index (χ1v) is 6.86. The molecule has 1 aromatic rings. The van der Waals surface area contributed by atoms with Gasteiger partial charge in [-0.25, -0.2) is 8.78 Å². The average Bonchev–Trinajstić information content (AvgIpc) is 2.29. The average molecular weight is 276 g/mol. The van der Waals surface area contributed by atoms with E-state index in [2.05, 4.69) is 0 Å². The molecule has 0 fully saturated rings. The summed E-state index contributed by atoms with van der Waals surface area (Å²) in [5, 5.41) is 0.